The van der Waals surface area contributed by atoms with E-state index in [0.717, 1.165) is 42.9 Å². The van der Waals surface area contributed by atoms with Crippen LogP contribution in [-0.4, -0.2) is 54.4 Å². The van der Waals surface area contributed by atoms with Gasteiger partial charge in [-0.3, -0.25) is 9.69 Å². The molecule has 0 aromatic heterocycles. The summed E-state index contributed by atoms with van der Waals surface area (Å²) in [6, 6.07) is 15.4. The summed E-state index contributed by atoms with van der Waals surface area (Å²) in [6.45, 7) is 2.70. The van der Waals surface area contributed by atoms with Gasteiger partial charge in [0.05, 0.1) is 13.7 Å². The van der Waals surface area contributed by atoms with Gasteiger partial charge in [-0.25, -0.2) is 4.79 Å². The number of benzene rings is 2. The van der Waals surface area contributed by atoms with Gasteiger partial charge in [0.1, 0.15) is 5.75 Å². The third kappa shape index (κ3) is 3.87. The van der Waals surface area contributed by atoms with Crippen molar-refractivity contribution in [3.05, 3.63) is 59.7 Å². The predicted octanol–water partition coefficient (Wildman–Crippen LogP) is 3.39. The highest BCUT2D eigenvalue weighted by Crippen LogP contribution is 2.27. The van der Waals surface area contributed by atoms with Gasteiger partial charge in [0.2, 0.25) is 0 Å². The second-order valence-electron chi connectivity index (χ2n) is 7.37. The van der Waals surface area contributed by atoms with E-state index in [4.69, 9.17) is 4.74 Å². The normalized spacial score (nSPS) is 17.8. The molecule has 0 radical (unpaired) electrons. The van der Waals surface area contributed by atoms with E-state index in [1.54, 1.807) is 7.11 Å². The number of urea groups is 1. The lowest BCUT2D eigenvalue weighted by atomic mass is 10.00. The van der Waals surface area contributed by atoms with Crippen LogP contribution >= 0.6 is 0 Å². The van der Waals surface area contributed by atoms with Crippen LogP contribution in [0.15, 0.2) is 48.5 Å². The zero-order valence-electron chi connectivity index (χ0n) is 16.1. The number of fused-ring (bicyclic) bond motifs is 1. The number of Topliss-reactive ketones (excluding diaryl/α,β-unsaturated/α-hetero) is 1. The molecule has 0 atom stereocenters. The SMILES string of the molecule is COc1ccc(C(=O)CN2CCC(N3Cc4ccccc4NC3=O)CC2)cc1. The first-order valence-corrected chi connectivity index (χ1v) is 9.69. The van der Waals surface area contributed by atoms with Crippen LogP contribution in [0.2, 0.25) is 0 Å². The number of methoxy groups -OCH3 is 1. The number of nitrogens with zero attached hydrogens (tertiary/aromatic N) is 2. The highest BCUT2D eigenvalue weighted by Gasteiger charge is 2.31. The Bertz CT molecular complexity index is 858. The summed E-state index contributed by atoms with van der Waals surface area (Å²) in [5.74, 6) is 0.865. The van der Waals surface area contributed by atoms with Crippen LogP contribution in [0, 0.1) is 0 Å². The summed E-state index contributed by atoms with van der Waals surface area (Å²) in [5, 5.41) is 2.99. The van der Waals surface area contributed by atoms with E-state index >= 15 is 0 Å². The summed E-state index contributed by atoms with van der Waals surface area (Å²) in [4.78, 5) is 29.1. The van der Waals surface area contributed by atoms with Crippen LogP contribution in [-0.2, 0) is 6.54 Å². The van der Waals surface area contributed by atoms with Crippen molar-refractivity contribution in [3.63, 3.8) is 0 Å². The number of nitrogens with one attached hydrogen (secondary N) is 1. The number of para-hydroxylation sites is 1. The van der Waals surface area contributed by atoms with E-state index in [0.29, 0.717) is 18.7 Å². The molecule has 0 spiro atoms. The van der Waals surface area contributed by atoms with E-state index in [2.05, 4.69) is 16.3 Å². The fourth-order valence-electron chi connectivity index (χ4n) is 3.98. The highest BCUT2D eigenvalue weighted by molar-refractivity contribution is 5.97. The van der Waals surface area contributed by atoms with Gasteiger partial charge in [-0.15, -0.1) is 0 Å². The minimum Gasteiger partial charge on any atom is -0.497 e. The topological polar surface area (TPSA) is 61.9 Å². The van der Waals surface area contributed by atoms with Crippen LogP contribution in [0.5, 0.6) is 5.75 Å². The minimum atomic E-state index is -0.0218. The number of likely N-dealkylation sites (tertiary alicyclic amines) is 1. The summed E-state index contributed by atoms with van der Waals surface area (Å²) >= 11 is 0. The Balaban J connectivity index is 1.32. The standard InChI is InChI=1S/C22H25N3O3/c1-28-19-8-6-16(7-9-19)21(26)15-24-12-10-18(11-13-24)25-14-17-4-2-3-5-20(17)23-22(25)27/h2-9,18H,10-15H2,1H3,(H,23,27). The Hall–Kier alpha value is -2.86. The summed E-state index contributed by atoms with van der Waals surface area (Å²) < 4.78 is 5.14. The van der Waals surface area contributed by atoms with Crippen LogP contribution in [0.25, 0.3) is 0 Å². The Labute approximate surface area is 165 Å². The van der Waals surface area contributed by atoms with E-state index in [1.807, 2.05) is 47.4 Å². The molecule has 0 bridgehead atoms. The minimum absolute atomic E-state index is 0.0218. The Morgan fingerprint density at radius 1 is 1.11 bits per heavy atom. The zero-order valence-corrected chi connectivity index (χ0v) is 16.1. The van der Waals surface area contributed by atoms with E-state index < -0.39 is 0 Å². The van der Waals surface area contributed by atoms with Gasteiger partial charge in [-0.05, 0) is 48.7 Å². The fourth-order valence-corrected chi connectivity index (χ4v) is 3.98. The zero-order chi connectivity index (χ0) is 19.5. The average molecular weight is 379 g/mol. The van der Waals surface area contributed by atoms with E-state index in [9.17, 15) is 9.59 Å². The molecule has 0 aliphatic carbocycles. The van der Waals surface area contributed by atoms with E-state index in [-0.39, 0.29) is 17.9 Å². The number of rotatable bonds is 5. The molecule has 2 heterocycles. The Kier molecular flexibility index (Phi) is 5.30. The lowest BCUT2D eigenvalue weighted by Gasteiger charge is -2.40. The largest absolute Gasteiger partial charge is 0.497 e. The monoisotopic (exact) mass is 379 g/mol. The summed E-state index contributed by atoms with van der Waals surface area (Å²) in [6.07, 6.45) is 1.76. The van der Waals surface area contributed by atoms with E-state index in [1.165, 1.54) is 0 Å². The lowest BCUT2D eigenvalue weighted by Crippen LogP contribution is -2.50. The molecule has 2 aromatic carbocycles. The van der Waals surface area contributed by atoms with Gasteiger partial charge in [0.25, 0.3) is 0 Å². The first kappa shape index (κ1) is 18.5. The Morgan fingerprint density at radius 3 is 2.54 bits per heavy atom. The van der Waals surface area contributed by atoms with Crippen molar-refractivity contribution >= 4 is 17.5 Å². The predicted molar refractivity (Wildman–Crippen MR) is 108 cm³/mol. The van der Waals surface area contributed by atoms with Gasteiger partial charge in [-0.1, -0.05) is 18.2 Å². The lowest BCUT2D eigenvalue weighted by molar-refractivity contribution is 0.0854. The van der Waals surface area contributed by atoms with Gasteiger partial charge < -0.3 is 15.0 Å². The molecule has 4 rings (SSSR count). The molecule has 2 aliphatic heterocycles. The number of hydrogen-bond donors (Lipinski definition) is 1. The van der Waals surface area contributed by atoms with Crippen molar-refractivity contribution in [3.8, 4) is 5.75 Å². The molecular weight excluding hydrogens is 354 g/mol. The van der Waals surface area contributed by atoms with Crippen LogP contribution < -0.4 is 10.1 Å². The maximum atomic E-state index is 12.5. The number of hydrogen-bond acceptors (Lipinski definition) is 4. The first-order chi connectivity index (χ1) is 13.6. The number of piperidine rings is 1. The molecule has 6 heteroatoms. The van der Waals surface area contributed by atoms with Crippen molar-refractivity contribution in [1.82, 2.24) is 9.80 Å². The number of anilines is 1. The molecule has 6 nitrogen and oxygen atoms in total. The maximum Gasteiger partial charge on any atom is 0.322 e. The van der Waals surface area contributed by atoms with Crippen molar-refractivity contribution in [2.24, 2.45) is 0 Å². The molecular formula is C22H25N3O3. The molecule has 2 aliphatic rings. The van der Waals surface area contributed by atoms with Crippen LogP contribution in [0.4, 0.5) is 10.5 Å². The number of ketones is 1. The highest BCUT2D eigenvalue weighted by atomic mass is 16.5. The molecule has 0 unspecified atom stereocenters. The molecule has 1 N–H and O–H groups in total. The smallest absolute Gasteiger partial charge is 0.322 e. The number of carbonyl (C=O) groups is 2. The second kappa shape index (κ2) is 8.02. The van der Waals surface area contributed by atoms with Gasteiger partial charge in [0.15, 0.2) is 5.78 Å². The fraction of sp³-hybridized carbons (Fsp3) is 0.364. The third-order valence-corrected chi connectivity index (χ3v) is 5.64. The van der Waals surface area contributed by atoms with Gasteiger partial charge >= 0.3 is 6.03 Å². The van der Waals surface area contributed by atoms with Crippen LogP contribution in [0.1, 0.15) is 28.8 Å². The third-order valence-electron chi connectivity index (χ3n) is 5.64. The summed E-state index contributed by atoms with van der Waals surface area (Å²) in [7, 11) is 1.61. The number of ether oxygens (including phenoxy) is 1. The maximum absolute atomic E-state index is 12.5. The quantitative estimate of drug-likeness (QED) is 0.809. The average Bonchev–Trinajstić information content (AvgIpc) is 2.74. The molecule has 146 valence electrons. The molecule has 28 heavy (non-hydrogen) atoms. The van der Waals surface area contributed by atoms with Gasteiger partial charge in [-0.2, -0.15) is 0 Å². The van der Waals surface area contributed by atoms with Crippen molar-refractivity contribution < 1.29 is 14.3 Å². The van der Waals surface area contributed by atoms with Crippen molar-refractivity contribution in [2.75, 3.05) is 32.1 Å². The first-order valence-electron chi connectivity index (χ1n) is 9.69. The molecule has 2 amide bonds. The summed E-state index contributed by atoms with van der Waals surface area (Å²) in [5.41, 5.74) is 2.76. The molecule has 1 saturated heterocycles. The second-order valence-corrected chi connectivity index (χ2v) is 7.37. The molecule has 1 fully saturated rings. The molecule has 2 aromatic rings. The van der Waals surface area contributed by atoms with Crippen molar-refractivity contribution in [1.29, 1.82) is 0 Å². The molecule has 0 saturated carbocycles. The van der Waals surface area contributed by atoms with Gasteiger partial charge in [0, 0.05) is 36.9 Å². The number of carbonyl (C=O) groups excluding carboxylic acids is 2. The Morgan fingerprint density at radius 2 is 1.82 bits per heavy atom. The van der Waals surface area contributed by atoms with Crippen molar-refractivity contribution in [2.45, 2.75) is 25.4 Å². The number of amides is 2. The van der Waals surface area contributed by atoms with Crippen LogP contribution in [0.3, 0.4) is 0 Å².